The van der Waals surface area contributed by atoms with Crippen LogP contribution < -0.4 is 15.4 Å². The molecule has 2 N–H and O–H groups in total. The van der Waals surface area contributed by atoms with Gasteiger partial charge in [0.25, 0.3) is 0 Å². The van der Waals surface area contributed by atoms with Crippen LogP contribution in [-0.4, -0.2) is 30.0 Å². The molecule has 0 atom stereocenters. The molecule has 0 amide bonds. The monoisotopic (exact) mass is 368 g/mol. The lowest BCUT2D eigenvalue weighted by molar-refractivity contribution is 0.130. The van der Waals surface area contributed by atoms with Crippen molar-refractivity contribution in [3.8, 4) is 5.75 Å². The van der Waals surface area contributed by atoms with Crippen molar-refractivity contribution >= 4 is 11.7 Å². The highest BCUT2D eigenvalue weighted by Crippen LogP contribution is 2.18. The maximum atomic E-state index is 6.10. The second kappa shape index (κ2) is 9.26. The van der Waals surface area contributed by atoms with E-state index in [1.165, 1.54) is 19.3 Å². The molecule has 0 radical (unpaired) electrons. The second-order valence-corrected chi connectivity index (χ2v) is 7.01. The van der Waals surface area contributed by atoms with Crippen LogP contribution in [0.3, 0.4) is 0 Å². The zero-order chi connectivity index (χ0) is 19.1. The molecule has 0 saturated carbocycles. The van der Waals surface area contributed by atoms with Crippen molar-refractivity contribution in [2.75, 3.05) is 18.0 Å². The molecule has 3 rings (SSSR count). The van der Waals surface area contributed by atoms with E-state index in [1.807, 2.05) is 50.2 Å². The molecule has 0 unspecified atom stereocenters. The van der Waals surface area contributed by atoms with Crippen LogP contribution in [0.15, 0.2) is 47.8 Å². The molecule has 27 heavy (non-hydrogen) atoms. The zero-order valence-corrected chi connectivity index (χ0v) is 16.1. The average Bonchev–Trinajstić information content (AvgIpc) is 2.69. The van der Waals surface area contributed by atoms with Gasteiger partial charge >= 0.3 is 0 Å². The Bertz CT molecular complexity index is 753. The van der Waals surface area contributed by atoms with Crippen LogP contribution in [0.4, 0.5) is 5.82 Å². The van der Waals surface area contributed by atoms with Gasteiger partial charge in [0.05, 0.1) is 6.10 Å². The molecular formula is C21H28N4O2. The normalized spacial score (nSPS) is 15.1. The van der Waals surface area contributed by atoms with E-state index in [2.05, 4.69) is 15.0 Å². The van der Waals surface area contributed by atoms with Gasteiger partial charge in [-0.15, -0.1) is 0 Å². The summed E-state index contributed by atoms with van der Waals surface area (Å²) in [5.74, 6) is 2.15. The SMILES string of the molecule is CC(C)Oc1ccc(CO/N=C(/N)c2ccnc(N3CCCCC3)c2)cc1. The van der Waals surface area contributed by atoms with Gasteiger partial charge in [-0.1, -0.05) is 17.3 Å². The molecule has 0 bridgehead atoms. The Morgan fingerprint density at radius 2 is 1.89 bits per heavy atom. The van der Waals surface area contributed by atoms with E-state index in [4.69, 9.17) is 15.3 Å². The van der Waals surface area contributed by atoms with Gasteiger partial charge in [0.15, 0.2) is 5.84 Å². The quantitative estimate of drug-likeness (QED) is 0.458. The summed E-state index contributed by atoms with van der Waals surface area (Å²) in [5.41, 5.74) is 7.93. The van der Waals surface area contributed by atoms with Crippen molar-refractivity contribution in [1.82, 2.24) is 4.98 Å². The fourth-order valence-corrected chi connectivity index (χ4v) is 3.04. The lowest BCUT2D eigenvalue weighted by Crippen LogP contribution is -2.30. The maximum absolute atomic E-state index is 6.10. The Hall–Kier alpha value is -2.76. The summed E-state index contributed by atoms with van der Waals surface area (Å²) >= 11 is 0. The van der Waals surface area contributed by atoms with Crippen LogP contribution in [-0.2, 0) is 11.4 Å². The second-order valence-electron chi connectivity index (χ2n) is 7.01. The number of benzene rings is 1. The Kier molecular flexibility index (Phi) is 6.52. The van der Waals surface area contributed by atoms with Gasteiger partial charge in [-0.3, -0.25) is 0 Å². The number of hydrogen-bond acceptors (Lipinski definition) is 5. The first-order valence-corrected chi connectivity index (χ1v) is 9.54. The number of hydrogen-bond donors (Lipinski definition) is 1. The number of nitrogens with two attached hydrogens (primary N) is 1. The van der Waals surface area contributed by atoms with Crippen LogP contribution in [0.1, 0.15) is 44.2 Å². The highest BCUT2D eigenvalue weighted by molar-refractivity contribution is 5.97. The van der Waals surface area contributed by atoms with Crippen molar-refractivity contribution < 1.29 is 9.57 Å². The summed E-state index contributed by atoms with van der Waals surface area (Å²) < 4.78 is 5.63. The zero-order valence-electron chi connectivity index (χ0n) is 16.1. The van der Waals surface area contributed by atoms with E-state index in [1.54, 1.807) is 6.20 Å². The standard InChI is InChI=1S/C21H28N4O2/c1-16(2)27-19-8-6-17(7-9-19)15-26-24-21(22)18-10-11-23-20(14-18)25-12-4-3-5-13-25/h6-11,14,16H,3-5,12-13,15H2,1-2H3,(H2,22,24). The Labute approximate surface area is 161 Å². The van der Waals surface area contributed by atoms with E-state index in [9.17, 15) is 0 Å². The van der Waals surface area contributed by atoms with Gasteiger partial charge in [-0.25, -0.2) is 4.98 Å². The van der Waals surface area contributed by atoms with E-state index in [0.717, 1.165) is 35.8 Å². The van der Waals surface area contributed by atoms with E-state index in [0.29, 0.717) is 12.4 Å². The van der Waals surface area contributed by atoms with Gasteiger partial charge < -0.3 is 20.2 Å². The van der Waals surface area contributed by atoms with Crippen LogP contribution in [0, 0.1) is 0 Å². The Morgan fingerprint density at radius 1 is 1.15 bits per heavy atom. The summed E-state index contributed by atoms with van der Waals surface area (Å²) in [6.45, 7) is 6.45. The summed E-state index contributed by atoms with van der Waals surface area (Å²) in [7, 11) is 0. The number of nitrogens with zero attached hydrogens (tertiary/aromatic N) is 3. The molecule has 144 valence electrons. The van der Waals surface area contributed by atoms with Crippen molar-refractivity contribution in [2.45, 2.75) is 45.8 Å². The van der Waals surface area contributed by atoms with Crippen molar-refractivity contribution in [1.29, 1.82) is 0 Å². The minimum atomic E-state index is 0.159. The smallest absolute Gasteiger partial charge is 0.170 e. The Balaban J connectivity index is 1.57. The summed E-state index contributed by atoms with van der Waals surface area (Å²) in [5, 5.41) is 4.06. The molecule has 1 aliphatic heterocycles. The van der Waals surface area contributed by atoms with Crippen molar-refractivity contribution in [2.24, 2.45) is 10.9 Å². The fourth-order valence-electron chi connectivity index (χ4n) is 3.04. The number of anilines is 1. The fraction of sp³-hybridized carbons (Fsp3) is 0.429. The molecule has 0 aliphatic carbocycles. The first-order valence-electron chi connectivity index (χ1n) is 9.54. The highest BCUT2D eigenvalue weighted by atomic mass is 16.6. The van der Waals surface area contributed by atoms with Crippen molar-refractivity contribution in [3.63, 3.8) is 0 Å². The summed E-state index contributed by atoms with van der Waals surface area (Å²) in [6, 6.07) is 11.6. The third kappa shape index (κ3) is 5.61. The largest absolute Gasteiger partial charge is 0.491 e. The van der Waals surface area contributed by atoms with Gasteiger partial charge in [0.2, 0.25) is 0 Å². The van der Waals surface area contributed by atoms with Crippen LogP contribution in [0.2, 0.25) is 0 Å². The van der Waals surface area contributed by atoms with Gasteiger partial charge in [-0.05, 0) is 62.9 Å². The van der Waals surface area contributed by atoms with Crippen LogP contribution >= 0.6 is 0 Å². The summed E-state index contributed by atoms with van der Waals surface area (Å²) in [4.78, 5) is 12.2. The van der Waals surface area contributed by atoms with Crippen LogP contribution in [0.25, 0.3) is 0 Å². The lowest BCUT2D eigenvalue weighted by atomic mass is 10.1. The minimum Gasteiger partial charge on any atom is -0.491 e. The lowest BCUT2D eigenvalue weighted by Gasteiger charge is -2.27. The number of pyridine rings is 1. The van der Waals surface area contributed by atoms with Gasteiger partial charge in [-0.2, -0.15) is 0 Å². The predicted octanol–water partition coefficient (Wildman–Crippen LogP) is 3.70. The molecule has 6 heteroatoms. The first-order chi connectivity index (χ1) is 13.1. The number of amidine groups is 1. The number of ether oxygens (including phenoxy) is 1. The minimum absolute atomic E-state index is 0.159. The van der Waals surface area contributed by atoms with Gasteiger partial charge in [0.1, 0.15) is 18.2 Å². The Morgan fingerprint density at radius 3 is 2.59 bits per heavy atom. The number of piperidine rings is 1. The highest BCUT2D eigenvalue weighted by Gasteiger charge is 2.13. The number of aromatic nitrogens is 1. The molecule has 1 fully saturated rings. The maximum Gasteiger partial charge on any atom is 0.170 e. The predicted molar refractivity (Wildman–Crippen MR) is 108 cm³/mol. The van der Waals surface area contributed by atoms with E-state index >= 15 is 0 Å². The average molecular weight is 368 g/mol. The molecule has 1 aliphatic rings. The molecule has 2 heterocycles. The third-order valence-corrected chi connectivity index (χ3v) is 4.41. The van der Waals surface area contributed by atoms with Gasteiger partial charge in [0, 0.05) is 24.8 Å². The molecular weight excluding hydrogens is 340 g/mol. The van der Waals surface area contributed by atoms with Crippen LogP contribution in [0.5, 0.6) is 5.75 Å². The number of rotatable bonds is 7. The van der Waals surface area contributed by atoms with E-state index in [-0.39, 0.29) is 6.10 Å². The summed E-state index contributed by atoms with van der Waals surface area (Å²) in [6.07, 6.45) is 5.64. The molecule has 2 aromatic rings. The third-order valence-electron chi connectivity index (χ3n) is 4.41. The molecule has 1 aromatic heterocycles. The molecule has 1 saturated heterocycles. The van der Waals surface area contributed by atoms with E-state index < -0.39 is 0 Å². The van der Waals surface area contributed by atoms with Crippen molar-refractivity contribution in [3.05, 3.63) is 53.7 Å². The number of oxime groups is 1. The molecule has 6 nitrogen and oxygen atoms in total. The topological polar surface area (TPSA) is 73.0 Å². The molecule has 1 aromatic carbocycles. The molecule has 0 spiro atoms. The first kappa shape index (κ1) is 19.0.